The molecular weight excluding hydrogens is 518 g/mol. The molecule has 4 aromatic rings. The highest BCUT2D eigenvalue weighted by atomic mass is 16.5. The number of methoxy groups -OCH3 is 1. The third-order valence-corrected chi connectivity index (χ3v) is 6.93. The lowest BCUT2D eigenvalue weighted by Gasteiger charge is -2.25. The third-order valence-electron chi connectivity index (χ3n) is 6.93. The topological polar surface area (TPSA) is 85.3 Å². The predicted octanol–water partition coefficient (Wildman–Crippen LogP) is 6.43. The molecular formula is C34H31NO6. The van der Waals surface area contributed by atoms with Gasteiger partial charge in [-0.15, -0.1) is 0 Å². The SMILES string of the molecule is COCCN1C(=O)C(=O)/C(=C(/O)c2ccc(OCc3ccccc3)cc2C)[C@@H]1c1cccc(Oc2ccccc2)c1. The first-order valence-corrected chi connectivity index (χ1v) is 13.3. The van der Waals surface area contributed by atoms with Gasteiger partial charge in [0.05, 0.1) is 18.2 Å². The number of rotatable bonds is 10. The Morgan fingerprint density at radius 1 is 0.829 bits per heavy atom. The number of amides is 1. The molecule has 0 unspecified atom stereocenters. The van der Waals surface area contributed by atoms with Crippen LogP contribution in [0.15, 0.2) is 109 Å². The van der Waals surface area contributed by atoms with Crippen LogP contribution in [-0.4, -0.2) is 42.0 Å². The van der Waals surface area contributed by atoms with Gasteiger partial charge in [-0.25, -0.2) is 0 Å². The van der Waals surface area contributed by atoms with Crippen LogP contribution in [0.3, 0.4) is 0 Å². The molecule has 208 valence electrons. The van der Waals surface area contributed by atoms with Gasteiger partial charge in [0.25, 0.3) is 11.7 Å². The van der Waals surface area contributed by atoms with Crippen LogP contribution in [0, 0.1) is 6.92 Å². The van der Waals surface area contributed by atoms with E-state index in [4.69, 9.17) is 14.2 Å². The van der Waals surface area contributed by atoms with Gasteiger partial charge < -0.3 is 24.2 Å². The average Bonchev–Trinajstić information content (AvgIpc) is 3.25. The fraction of sp³-hybridized carbons (Fsp3) is 0.176. The van der Waals surface area contributed by atoms with E-state index in [0.29, 0.717) is 40.5 Å². The highest BCUT2D eigenvalue weighted by Gasteiger charge is 2.46. The molecule has 1 amide bonds. The van der Waals surface area contributed by atoms with Gasteiger partial charge in [-0.3, -0.25) is 9.59 Å². The molecule has 1 saturated heterocycles. The molecule has 0 bridgehead atoms. The Bertz CT molecular complexity index is 1560. The van der Waals surface area contributed by atoms with Gasteiger partial charge in [0, 0.05) is 19.2 Å². The van der Waals surface area contributed by atoms with Gasteiger partial charge in [-0.1, -0.05) is 60.7 Å². The van der Waals surface area contributed by atoms with Crippen molar-refractivity contribution < 1.29 is 28.9 Å². The summed E-state index contributed by atoms with van der Waals surface area (Å²) in [6.45, 7) is 2.64. The molecule has 0 radical (unpaired) electrons. The standard InChI is InChI=1S/C34H31NO6/c1-23-20-27(40-22-24-10-5-3-6-11-24)16-17-29(23)32(36)30-31(35(18-19-39-2)34(38)33(30)37)25-12-9-15-28(21-25)41-26-13-7-4-8-14-26/h3-17,20-21,31,36H,18-19,22H2,1-2H3/b32-30+/t31-/m0/s1. The minimum atomic E-state index is -0.821. The number of ketones is 1. The number of hydrogen-bond acceptors (Lipinski definition) is 6. The summed E-state index contributed by atoms with van der Waals surface area (Å²) in [7, 11) is 1.53. The van der Waals surface area contributed by atoms with E-state index in [1.807, 2.05) is 79.7 Å². The summed E-state index contributed by atoms with van der Waals surface area (Å²) < 4.78 is 17.2. The maximum atomic E-state index is 13.4. The van der Waals surface area contributed by atoms with E-state index >= 15 is 0 Å². The maximum Gasteiger partial charge on any atom is 0.295 e. The van der Waals surface area contributed by atoms with E-state index in [2.05, 4.69) is 0 Å². The van der Waals surface area contributed by atoms with Crippen LogP contribution in [0.4, 0.5) is 0 Å². The van der Waals surface area contributed by atoms with Crippen molar-refractivity contribution in [1.29, 1.82) is 0 Å². The second-order valence-corrected chi connectivity index (χ2v) is 9.72. The number of Topliss-reactive ketones (excluding diaryl/α,β-unsaturated/α-hetero) is 1. The molecule has 1 aliphatic rings. The molecule has 0 aliphatic carbocycles. The van der Waals surface area contributed by atoms with Crippen LogP contribution in [0.25, 0.3) is 5.76 Å². The number of carbonyl (C=O) groups is 2. The zero-order valence-corrected chi connectivity index (χ0v) is 22.9. The minimum Gasteiger partial charge on any atom is -0.507 e. The molecule has 1 atom stereocenters. The highest BCUT2D eigenvalue weighted by molar-refractivity contribution is 6.46. The summed E-state index contributed by atoms with van der Waals surface area (Å²) in [5, 5.41) is 11.5. The van der Waals surface area contributed by atoms with Crippen molar-refractivity contribution in [1.82, 2.24) is 4.90 Å². The summed E-state index contributed by atoms with van der Waals surface area (Å²) >= 11 is 0. The van der Waals surface area contributed by atoms with Gasteiger partial charge >= 0.3 is 0 Å². The first-order valence-electron chi connectivity index (χ1n) is 13.3. The molecule has 1 fully saturated rings. The summed E-state index contributed by atoms with van der Waals surface area (Å²) in [6.07, 6.45) is 0. The summed E-state index contributed by atoms with van der Waals surface area (Å²) in [5.74, 6) is 0.149. The molecule has 0 spiro atoms. The molecule has 4 aromatic carbocycles. The average molecular weight is 550 g/mol. The van der Waals surface area contributed by atoms with Crippen molar-refractivity contribution in [2.24, 2.45) is 0 Å². The van der Waals surface area contributed by atoms with Gasteiger partial charge in [0.15, 0.2) is 0 Å². The van der Waals surface area contributed by atoms with E-state index in [9.17, 15) is 14.7 Å². The Hall–Kier alpha value is -4.88. The Labute approximate surface area is 239 Å². The highest BCUT2D eigenvalue weighted by Crippen LogP contribution is 2.41. The van der Waals surface area contributed by atoms with Gasteiger partial charge in [-0.2, -0.15) is 0 Å². The molecule has 0 aromatic heterocycles. The van der Waals surface area contributed by atoms with Crippen LogP contribution >= 0.6 is 0 Å². The molecule has 5 rings (SSSR count). The number of benzene rings is 4. The smallest absolute Gasteiger partial charge is 0.295 e. The largest absolute Gasteiger partial charge is 0.507 e. The van der Waals surface area contributed by atoms with Gasteiger partial charge in [0.2, 0.25) is 0 Å². The lowest BCUT2D eigenvalue weighted by atomic mass is 9.93. The molecule has 7 heteroatoms. The zero-order chi connectivity index (χ0) is 28.8. The Morgan fingerprint density at radius 2 is 1.54 bits per heavy atom. The number of likely N-dealkylation sites (tertiary alicyclic amines) is 1. The molecule has 7 nitrogen and oxygen atoms in total. The number of nitrogens with zero attached hydrogens (tertiary/aromatic N) is 1. The van der Waals surface area contributed by atoms with Crippen molar-refractivity contribution in [3.8, 4) is 17.2 Å². The molecule has 1 aliphatic heterocycles. The van der Waals surface area contributed by atoms with Gasteiger partial charge in [-0.05, 0) is 66.1 Å². The van der Waals surface area contributed by atoms with Crippen LogP contribution in [0.5, 0.6) is 17.2 Å². The van der Waals surface area contributed by atoms with Crippen LogP contribution < -0.4 is 9.47 Å². The lowest BCUT2D eigenvalue weighted by Crippen LogP contribution is -2.32. The fourth-order valence-electron chi connectivity index (χ4n) is 4.90. The van der Waals surface area contributed by atoms with Crippen molar-refractivity contribution in [3.63, 3.8) is 0 Å². The van der Waals surface area contributed by atoms with Crippen molar-refractivity contribution in [2.75, 3.05) is 20.3 Å². The Morgan fingerprint density at radius 3 is 2.24 bits per heavy atom. The second kappa shape index (κ2) is 12.5. The summed E-state index contributed by atoms with van der Waals surface area (Å²) in [4.78, 5) is 28.0. The number of hydrogen-bond donors (Lipinski definition) is 1. The third kappa shape index (κ3) is 6.15. The number of para-hydroxylation sites is 1. The summed E-state index contributed by atoms with van der Waals surface area (Å²) in [6, 6.07) is 30.8. The van der Waals surface area contributed by atoms with Crippen LogP contribution in [-0.2, 0) is 20.9 Å². The monoisotopic (exact) mass is 549 g/mol. The number of aryl methyl sites for hydroxylation is 1. The lowest BCUT2D eigenvalue weighted by molar-refractivity contribution is -0.140. The first-order chi connectivity index (χ1) is 20.0. The quantitative estimate of drug-likeness (QED) is 0.139. The molecule has 0 saturated carbocycles. The van der Waals surface area contributed by atoms with E-state index < -0.39 is 17.7 Å². The van der Waals surface area contributed by atoms with Crippen LogP contribution in [0.1, 0.15) is 28.3 Å². The maximum absolute atomic E-state index is 13.4. The number of aliphatic hydroxyl groups excluding tert-OH is 1. The van der Waals surface area contributed by atoms with Crippen LogP contribution in [0.2, 0.25) is 0 Å². The number of carbonyl (C=O) groups excluding carboxylic acids is 2. The molecule has 1 heterocycles. The Kier molecular flexibility index (Phi) is 8.46. The second-order valence-electron chi connectivity index (χ2n) is 9.72. The normalized spacial score (nSPS) is 16.1. The van der Waals surface area contributed by atoms with E-state index in [1.165, 1.54) is 12.0 Å². The number of aliphatic hydroxyl groups is 1. The molecule has 1 N–H and O–H groups in total. The fourth-order valence-corrected chi connectivity index (χ4v) is 4.90. The van der Waals surface area contributed by atoms with Crippen molar-refractivity contribution in [3.05, 3.63) is 131 Å². The zero-order valence-electron chi connectivity index (χ0n) is 22.9. The minimum absolute atomic E-state index is 0.0176. The van der Waals surface area contributed by atoms with E-state index in [0.717, 1.165) is 5.56 Å². The Balaban J connectivity index is 1.50. The van der Waals surface area contributed by atoms with E-state index in [-0.39, 0.29) is 24.5 Å². The van der Waals surface area contributed by atoms with E-state index in [1.54, 1.807) is 30.3 Å². The first kappa shape index (κ1) is 27.7. The molecule has 41 heavy (non-hydrogen) atoms. The van der Waals surface area contributed by atoms with Crippen molar-refractivity contribution >= 4 is 17.4 Å². The van der Waals surface area contributed by atoms with Gasteiger partial charge in [0.1, 0.15) is 29.6 Å². The van der Waals surface area contributed by atoms with Crippen molar-refractivity contribution in [2.45, 2.75) is 19.6 Å². The number of ether oxygens (including phenoxy) is 3. The summed E-state index contributed by atoms with van der Waals surface area (Å²) in [5.41, 5.74) is 2.84. The predicted molar refractivity (Wildman–Crippen MR) is 156 cm³/mol.